The summed E-state index contributed by atoms with van der Waals surface area (Å²) in [6, 6.07) is 0. The Morgan fingerprint density at radius 3 is 2.44 bits per heavy atom. The van der Waals surface area contributed by atoms with Crippen LogP contribution in [0.1, 0.15) is 34.6 Å². The van der Waals surface area contributed by atoms with Gasteiger partial charge in [-0.2, -0.15) is 0 Å². The number of hydrogen-bond donors (Lipinski definition) is 0. The summed E-state index contributed by atoms with van der Waals surface area (Å²) in [6.07, 6.45) is 1.11. The molecule has 1 aliphatic heterocycles. The maximum Gasteiger partial charge on any atom is 0.155 e. The van der Waals surface area contributed by atoms with E-state index >= 15 is 0 Å². The van der Waals surface area contributed by atoms with Crippen LogP contribution in [0.15, 0.2) is 0 Å². The van der Waals surface area contributed by atoms with Crippen molar-refractivity contribution in [1.29, 1.82) is 0 Å². The van der Waals surface area contributed by atoms with Crippen molar-refractivity contribution in [3.8, 4) is 0 Å². The minimum absolute atomic E-state index is 0.0870. The molecular formula is C13H24O3. The average molecular weight is 228 g/mol. The Kier molecular flexibility index (Phi) is 4.93. The van der Waals surface area contributed by atoms with Crippen LogP contribution in [0, 0.1) is 23.7 Å². The highest BCUT2D eigenvalue weighted by Crippen LogP contribution is 2.31. The molecule has 0 N–H and O–H groups in total. The minimum atomic E-state index is -0.123. The van der Waals surface area contributed by atoms with E-state index in [1.54, 1.807) is 0 Å². The van der Waals surface area contributed by atoms with Crippen LogP contribution in [0.2, 0.25) is 0 Å². The second kappa shape index (κ2) is 5.78. The van der Waals surface area contributed by atoms with Gasteiger partial charge in [-0.25, -0.2) is 0 Å². The molecule has 0 spiro atoms. The highest BCUT2D eigenvalue weighted by atomic mass is 16.7. The summed E-state index contributed by atoms with van der Waals surface area (Å²) >= 11 is 0. The quantitative estimate of drug-likeness (QED) is 0.693. The fraction of sp³-hybridized carbons (Fsp3) is 0.923. The number of rotatable bonds is 4. The summed E-state index contributed by atoms with van der Waals surface area (Å²) < 4.78 is 11.3. The van der Waals surface area contributed by atoms with E-state index in [0.717, 1.165) is 12.9 Å². The molecule has 6 atom stereocenters. The lowest BCUT2D eigenvalue weighted by atomic mass is 9.79. The SMILES string of the molecule is CC1OCC(C)C(C(C)C(C)[C@@H](C)C=O)O1. The van der Waals surface area contributed by atoms with Crippen molar-refractivity contribution in [2.75, 3.05) is 6.61 Å². The van der Waals surface area contributed by atoms with Crippen molar-refractivity contribution in [2.45, 2.75) is 47.0 Å². The van der Waals surface area contributed by atoms with Gasteiger partial charge < -0.3 is 14.3 Å². The second-order valence-electron chi connectivity index (χ2n) is 5.19. The van der Waals surface area contributed by atoms with Gasteiger partial charge in [0, 0.05) is 11.8 Å². The first kappa shape index (κ1) is 13.7. The molecule has 1 heterocycles. The maximum atomic E-state index is 10.8. The van der Waals surface area contributed by atoms with Crippen molar-refractivity contribution in [1.82, 2.24) is 0 Å². The van der Waals surface area contributed by atoms with Crippen LogP contribution in [0.3, 0.4) is 0 Å². The van der Waals surface area contributed by atoms with Gasteiger partial charge >= 0.3 is 0 Å². The van der Waals surface area contributed by atoms with E-state index in [1.807, 2.05) is 13.8 Å². The topological polar surface area (TPSA) is 35.5 Å². The van der Waals surface area contributed by atoms with Crippen LogP contribution < -0.4 is 0 Å². The maximum absolute atomic E-state index is 10.8. The Balaban J connectivity index is 2.63. The zero-order valence-electron chi connectivity index (χ0n) is 11.0. The van der Waals surface area contributed by atoms with Crippen molar-refractivity contribution in [3.05, 3.63) is 0 Å². The smallest absolute Gasteiger partial charge is 0.155 e. The largest absolute Gasteiger partial charge is 0.353 e. The van der Waals surface area contributed by atoms with Crippen molar-refractivity contribution >= 4 is 6.29 Å². The van der Waals surface area contributed by atoms with E-state index in [-0.39, 0.29) is 18.3 Å². The summed E-state index contributed by atoms with van der Waals surface area (Å²) in [6.45, 7) is 11.1. The minimum Gasteiger partial charge on any atom is -0.353 e. The molecule has 0 bridgehead atoms. The van der Waals surface area contributed by atoms with Crippen molar-refractivity contribution in [2.24, 2.45) is 23.7 Å². The second-order valence-corrected chi connectivity index (χ2v) is 5.19. The lowest BCUT2D eigenvalue weighted by Gasteiger charge is -2.39. The van der Waals surface area contributed by atoms with Gasteiger partial charge in [0.25, 0.3) is 0 Å². The van der Waals surface area contributed by atoms with E-state index in [9.17, 15) is 4.79 Å². The van der Waals surface area contributed by atoms with Gasteiger partial charge in [-0.05, 0) is 18.8 Å². The Morgan fingerprint density at radius 1 is 1.25 bits per heavy atom. The predicted octanol–water partition coefficient (Wildman–Crippen LogP) is 2.49. The van der Waals surface area contributed by atoms with Gasteiger partial charge in [-0.3, -0.25) is 0 Å². The Hall–Kier alpha value is -0.410. The monoisotopic (exact) mass is 228 g/mol. The van der Waals surface area contributed by atoms with Crippen molar-refractivity contribution in [3.63, 3.8) is 0 Å². The number of carbonyl (C=O) groups is 1. The zero-order chi connectivity index (χ0) is 12.3. The summed E-state index contributed by atoms with van der Waals surface area (Å²) in [4.78, 5) is 10.8. The summed E-state index contributed by atoms with van der Waals surface area (Å²) in [5.74, 6) is 1.20. The van der Waals surface area contributed by atoms with E-state index in [4.69, 9.17) is 9.47 Å². The molecule has 94 valence electrons. The molecule has 0 saturated carbocycles. The number of hydrogen-bond acceptors (Lipinski definition) is 3. The number of ether oxygens (including phenoxy) is 2. The van der Waals surface area contributed by atoms with Gasteiger partial charge in [0.05, 0.1) is 12.7 Å². The highest BCUT2D eigenvalue weighted by Gasteiger charge is 2.35. The van der Waals surface area contributed by atoms with E-state index in [2.05, 4.69) is 20.8 Å². The Morgan fingerprint density at radius 2 is 1.88 bits per heavy atom. The first-order valence-electron chi connectivity index (χ1n) is 6.19. The molecular weight excluding hydrogens is 204 g/mol. The molecule has 16 heavy (non-hydrogen) atoms. The molecule has 1 saturated heterocycles. The summed E-state index contributed by atoms with van der Waals surface area (Å²) in [5.41, 5.74) is 0. The van der Waals surface area contributed by atoms with Crippen LogP contribution in [0.25, 0.3) is 0 Å². The normalized spacial score (nSPS) is 36.4. The van der Waals surface area contributed by atoms with Gasteiger partial charge in [-0.1, -0.05) is 27.7 Å². The first-order valence-corrected chi connectivity index (χ1v) is 6.19. The molecule has 3 nitrogen and oxygen atoms in total. The lowest BCUT2D eigenvalue weighted by molar-refractivity contribution is -0.240. The molecule has 0 amide bonds. The number of aldehydes is 1. The van der Waals surface area contributed by atoms with Crippen LogP contribution in [-0.2, 0) is 14.3 Å². The van der Waals surface area contributed by atoms with Crippen LogP contribution in [0.5, 0.6) is 0 Å². The lowest BCUT2D eigenvalue weighted by Crippen LogP contribution is -2.43. The third-order valence-corrected chi connectivity index (χ3v) is 3.89. The van der Waals surface area contributed by atoms with Gasteiger partial charge in [0.2, 0.25) is 0 Å². The van der Waals surface area contributed by atoms with Gasteiger partial charge in [0.15, 0.2) is 6.29 Å². The van der Waals surface area contributed by atoms with Crippen molar-refractivity contribution < 1.29 is 14.3 Å². The predicted molar refractivity (Wildman–Crippen MR) is 63.0 cm³/mol. The molecule has 1 aliphatic rings. The molecule has 0 aromatic heterocycles. The first-order chi connectivity index (χ1) is 7.47. The summed E-state index contributed by atoms with van der Waals surface area (Å²) in [7, 11) is 0. The molecule has 5 unspecified atom stereocenters. The van der Waals surface area contributed by atoms with E-state index in [0.29, 0.717) is 17.8 Å². The molecule has 0 aliphatic carbocycles. The fourth-order valence-corrected chi connectivity index (χ4v) is 2.32. The van der Waals surface area contributed by atoms with Gasteiger partial charge in [-0.15, -0.1) is 0 Å². The standard InChI is InChI=1S/C13H24O3/c1-8(6-14)10(3)11(4)13-9(2)7-15-12(5)16-13/h6,8-13H,7H2,1-5H3/t8-,9?,10?,11?,12?,13?/m0/s1. The molecule has 0 aromatic rings. The average Bonchev–Trinajstić information content (AvgIpc) is 2.29. The Bertz CT molecular complexity index is 229. The molecule has 3 heteroatoms. The highest BCUT2D eigenvalue weighted by molar-refractivity contribution is 5.53. The van der Waals surface area contributed by atoms with Crippen LogP contribution in [-0.4, -0.2) is 25.3 Å². The molecule has 1 fully saturated rings. The molecule has 0 radical (unpaired) electrons. The van der Waals surface area contributed by atoms with E-state index in [1.165, 1.54) is 0 Å². The Labute approximate surface area is 98.5 Å². The summed E-state index contributed by atoms with van der Waals surface area (Å²) in [5, 5.41) is 0. The third kappa shape index (κ3) is 3.05. The van der Waals surface area contributed by atoms with Crippen LogP contribution in [0.4, 0.5) is 0 Å². The van der Waals surface area contributed by atoms with E-state index < -0.39 is 0 Å². The third-order valence-electron chi connectivity index (χ3n) is 3.89. The molecule has 0 aromatic carbocycles. The van der Waals surface area contributed by atoms with Crippen LogP contribution >= 0.6 is 0 Å². The number of carbonyl (C=O) groups excluding carboxylic acids is 1. The fourth-order valence-electron chi connectivity index (χ4n) is 2.32. The van der Waals surface area contributed by atoms with Gasteiger partial charge in [0.1, 0.15) is 6.29 Å². The zero-order valence-corrected chi connectivity index (χ0v) is 11.0. The molecule has 1 rings (SSSR count).